The van der Waals surface area contributed by atoms with Crippen molar-refractivity contribution in [2.75, 3.05) is 25.6 Å². The van der Waals surface area contributed by atoms with Crippen LogP contribution in [0.5, 0.6) is 11.5 Å². The summed E-state index contributed by atoms with van der Waals surface area (Å²) in [6.45, 7) is 3.91. The molecule has 0 fully saturated rings. The van der Waals surface area contributed by atoms with E-state index in [4.69, 9.17) is 14.2 Å². The van der Waals surface area contributed by atoms with Crippen LogP contribution in [0.2, 0.25) is 0 Å². The fourth-order valence-electron chi connectivity index (χ4n) is 2.44. The molecule has 0 aromatic heterocycles. The van der Waals surface area contributed by atoms with Crippen molar-refractivity contribution in [3.8, 4) is 11.5 Å². The summed E-state index contributed by atoms with van der Waals surface area (Å²) in [6.07, 6.45) is 0.0354. The van der Waals surface area contributed by atoms with Crippen LogP contribution < -0.4 is 14.8 Å². The number of nitrogens with one attached hydrogen (secondary N) is 1. The number of esters is 1. The van der Waals surface area contributed by atoms with Crippen molar-refractivity contribution in [1.29, 1.82) is 0 Å². The Morgan fingerprint density at radius 1 is 1.08 bits per heavy atom. The molecule has 2 rings (SSSR count). The van der Waals surface area contributed by atoms with Gasteiger partial charge in [-0.15, -0.1) is 0 Å². The van der Waals surface area contributed by atoms with E-state index in [1.165, 1.54) is 0 Å². The van der Waals surface area contributed by atoms with Crippen LogP contribution in [0, 0.1) is 6.92 Å². The van der Waals surface area contributed by atoms with Crippen molar-refractivity contribution in [2.24, 2.45) is 0 Å². The number of anilines is 1. The summed E-state index contributed by atoms with van der Waals surface area (Å²) in [4.78, 5) is 24.1. The number of ether oxygens (including phenoxy) is 3. The van der Waals surface area contributed by atoms with E-state index < -0.39 is 11.9 Å². The van der Waals surface area contributed by atoms with Gasteiger partial charge in [0.2, 0.25) is 0 Å². The Labute approximate surface area is 153 Å². The summed E-state index contributed by atoms with van der Waals surface area (Å²) in [5, 5.41) is 2.68. The minimum absolute atomic E-state index is 0.0354. The number of rotatable bonds is 8. The van der Waals surface area contributed by atoms with E-state index >= 15 is 0 Å². The number of hydrogen-bond donors (Lipinski definition) is 1. The smallest absolute Gasteiger partial charge is 0.310 e. The first-order chi connectivity index (χ1) is 12.5. The Bertz CT molecular complexity index is 773. The Hall–Kier alpha value is -3.02. The molecule has 6 heteroatoms. The number of carbonyl (C=O) groups is 2. The van der Waals surface area contributed by atoms with E-state index in [0.717, 1.165) is 11.1 Å². The lowest BCUT2D eigenvalue weighted by Gasteiger charge is -2.12. The number of aryl methyl sites for hydroxylation is 1. The fourth-order valence-corrected chi connectivity index (χ4v) is 2.44. The van der Waals surface area contributed by atoms with Gasteiger partial charge in [-0.3, -0.25) is 9.59 Å². The highest BCUT2D eigenvalue weighted by Crippen LogP contribution is 2.23. The normalized spacial score (nSPS) is 10.1. The lowest BCUT2D eigenvalue weighted by molar-refractivity contribution is -0.146. The zero-order chi connectivity index (χ0) is 18.9. The SMILES string of the molecule is CCOc1ccccc1NC(=O)COC(=O)Cc1cc(C)ccc1OC. The fraction of sp³-hybridized carbons (Fsp3) is 0.300. The van der Waals surface area contributed by atoms with E-state index in [1.807, 2.05) is 32.0 Å². The van der Waals surface area contributed by atoms with Gasteiger partial charge in [-0.25, -0.2) is 0 Å². The lowest BCUT2D eigenvalue weighted by Crippen LogP contribution is -2.22. The maximum absolute atomic E-state index is 12.0. The number of hydrogen-bond acceptors (Lipinski definition) is 5. The number of methoxy groups -OCH3 is 1. The highest BCUT2D eigenvalue weighted by molar-refractivity contribution is 5.94. The minimum Gasteiger partial charge on any atom is -0.496 e. The summed E-state index contributed by atoms with van der Waals surface area (Å²) in [7, 11) is 1.54. The van der Waals surface area contributed by atoms with Crippen molar-refractivity contribution in [1.82, 2.24) is 0 Å². The van der Waals surface area contributed by atoms with E-state index in [-0.39, 0.29) is 13.0 Å². The van der Waals surface area contributed by atoms with Crippen molar-refractivity contribution in [3.05, 3.63) is 53.6 Å². The van der Waals surface area contributed by atoms with Crippen molar-refractivity contribution >= 4 is 17.6 Å². The number of benzene rings is 2. The summed E-state index contributed by atoms with van der Waals surface area (Å²) < 4.78 is 15.8. The van der Waals surface area contributed by atoms with Gasteiger partial charge in [-0.2, -0.15) is 0 Å². The molecule has 6 nitrogen and oxygen atoms in total. The zero-order valence-corrected chi connectivity index (χ0v) is 15.2. The van der Waals surface area contributed by atoms with Crippen molar-refractivity contribution < 1.29 is 23.8 Å². The molecule has 0 unspecified atom stereocenters. The molecule has 0 aliphatic heterocycles. The molecule has 0 atom stereocenters. The third-order valence-electron chi connectivity index (χ3n) is 3.60. The largest absolute Gasteiger partial charge is 0.496 e. The predicted molar refractivity (Wildman–Crippen MR) is 98.6 cm³/mol. The van der Waals surface area contributed by atoms with Crippen molar-refractivity contribution in [2.45, 2.75) is 20.3 Å². The molecule has 0 spiro atoms. The van der Waals surface area contributed by atoms with Gasteiger partial charge in [0.25, 0.3) is 5.91 Å². The van der Waals surface area contributed by atoms with Crippen LogP contribution in [0.3, 0.4) is 0 Å². The van der Waals surface area contributed by atoms with Gasteiger partial charge in [0.1, 0.15) is 11.5 Å². The second-order valence-electron chi connectivity index (χ2n) is 5.63. The van der Waals surface area contributed by atoms with Gasteiger partial charge in [-0.1, -0.05) is 29.8 Å². The van der Waals surface area contributed by atoms with Gasteiger partial charge in [-0.05, 0) is 32.0 Å². The van der Waals surface area contributed by atoms with Gasteiger partial charge >= 0.3 is 5.97 Å². The highest BCUT2D eigenvalue weighted by atomic mass is 16.5. The molecule has 0 bridgehead atoms. The molecule has 26 heavy (non-hydrogen) atoms. The van der Waals surface area contributed by atoms with Crippen LogP contribution in [-0.4, -0.2) is 32.2 Å². The summed E-state index contributed by atoms with van der Waals surface area (Å²) in [5.74, 6) is 0.255. The maximum Gasteiger partial charge on any atom is 0.310 e. The standard InChI is InChI=1S/C20H23NO5/c1-4-25-18-8-6-5-7-16(18)21-19(22)13-26-20(23)12-15-11-14(2)9-10-17(15)24-3/h5-11H,4,12-13H2,1-3H3,(H,21,22). The van der Waals surface area contributed by atoms with E-state index in [9.17, 15) is 9.59 Å². The molecule has 0 radical (unpaired) electrons. The van der Waals surface area contributed by atoms with Crippen LogP contribution in [0.15, 0.2) is 42.5 Å². The second kappa shape index (κ2) is 9.46. The summed E-state index contributed by atoms with van der Waals surface area (Å²) in [6, 6.07) is 12.6. The van der Waals surface area contributed by atoms with E-state index in [2.05, 4.69) is 5.32 Å². The van der Waals surface area contributed by atoms with Gasteiger partial charge in [0.15, 0.2) is 6.61 Å². The first-order valence-electron chi connectivity index (χ1n) is 8.34. The van der Waals surface area contributed by atoms with Crippen LogP contribution >= 0.6 is 0 Å². The molecule has 0 heterocycles. The average Bonchev–Trinajstić information content (AvgIpc) is 2.62. The monoisotopic (exact) mass is 357 g/mol. The molecule has 138 valence electrons. The topological polar surface area (TPSA) is 73.9 Å². The van der Waals surface area contributed by atoms with Crippen LogP contribution in [0.25, 0.3) is 0 Å². The first kappa shape index (κ1) is 19.3. The Morgan fingerprint density at radius 2 is 1.85 bits per heavy atom. The Kier molecular flexibility index (Phi) is 7.02. The van der Waals surface area contributed by atoms with Crippen LogP contribution in [0.4, 0.5) is 5.69 Å². The third kappa shape index (κ3) is 5.51. The quantitative estimate of drug-likeness (QED) is 0.735. The minimum atomic E-state index is -0.498. The van der Waals surface area contributed by atoms with E-state index in [0.29, 0.717) is 23.8 Å². The molecule has 0 saturated carbocycles. The molecule has 0 aliphatic rings. The first-order valence-corrected chi connectivity index (χ1v) is 8.34. The summed E-state index contributed by atoms with van der Waals surface area (Å²) >= 11 is 0. The number of para-hydroxylation sites is 2. The van der Waals surface area contributed by atoms with Gasteiger partial charge < -0.3 is 19.5 Å². The molecule has 1 N–H and O–H groups in total. The summed E-state index contributed by atoms with van der Waals surface area (Å²) in [5.41, 5.74) is 2.27. The maximum atomic E-state index is 12.0. The number of amides is 1. The Balaban J connectivity index is 1.90. The predicted octanol–water partition coefficient (Wildman–Crippen LogP) is 3.13. The molecule has 1 amide bonds. The van der Waals surface area contributed by atoms with E-state index in [1.54, 1.807) is 31.4 Å². The average molecular weight is 357 g/mol. The zero-order valence-electron chi connectivity index (χ0n) is 15.2. The molecular weight excluding hydrogens is 334 g/mol. The van der Waals surface area contributed by atoms with Crippen molar-refractivity contribution in [3.63, 3.8) is 0 Å². The molecule has 2 aromatic carbocycles. The molecule has 2 aromatic rings. The van der Waals surface area contributed by atoms with Gasteiger partial charge in [0.05, 0.1) is 25.8 Å². The van der Waals surface area contributed by atoms with Crippen LogP contribution in [-0.2, 0) is 20.7 Å². The third-order valence-corrected chi connectivity index (χ3v) is 3.60. The van der Waals surface area contributed by atoms with Crippen LogP contribution in [0.1, 0.15) is 18.1 Å². The molecule has 0 aliphatic carbocycles. The Morgan fingerprint density at radius 3 is 2.58 bits per heavy atom. The molecular formula is C20H23NO5. The van der Waals surface area contributed by atoms with Gasteiger partial charge in [0, 0.05) is 5.56 Å². The second-order valence-corrected chi connectivity index (χ2v) is 5.63. The lowest BCUT2D eigenvalue weighted by atomic mass is 10.1. The molecule has 0 saturated heterocycles. The highest BCUT2D eigenvalue weighted by Gasteiger charge is 2.13. The number of carbonyl (C=O) groups excluding carboxylic acids is 2.